The summed E-state index contributed by atoms with van der Waals surface area (Å²) in [4.78, 5) is 2.43. The normalized spacial score (nSPS) is 17.0. The third kappa shape index (κ3) is 3.35. The van der Waals surface area contributed by atoms with Gasteiger partial charge in [-0.3, -0.25) is 0 Å². The third-order valence-electron chi connectivity index (χ3n) is 3.17. The molecule has 2 N–H and O–H groups in total. The highest BCUT2D eigenvalue weighted by atomic mass is 16.5. The number of aromatic hydroxyl groups is 1. The van der Waals surface area contributed by atoms with Crippen molar-refractivity contribution < 1.29 is 9.84 Å². The number of ether oxygens (including phenoxy) is 1. The van der Waals surface area contributed by atoms with E-state index in [2.05, 4.69) is 10.2 Å². The number of methoxy groups -OCH3 is 1. The van der Waals surface area contributed by atoms with Gasteiger partial charge in [0.2, 0.25) is 0 Å². The van der Waals surface area contributed by atoms with Crippen LogP contribution in [0.25, 0.3) is 0 Å². The molecule has 0 saturated carbocycles. The summed E-state index contributed by atoms with van der Waals surface area (Å²) >= 11 is 0. The quantitative estimate of drug-likeness (QED) is 0.813. The predicted octanol–water partition coefficient (Wildman–Crippen LogP) is 0.848. The molecule has 2 rings (SSSR count). The topological polar surface area (TPSA) is 44.7 Å². The first-order valence-electron chi connectivity index (χ1n) is 6.08. The van der Waals surface area contributed by atoms with E-state index in [4.69, 9.17) is 4.74 Å². The summed E-state index contributed by atoms with van der Waals surface area (Å²) in [5, 5.41) is 12.8. The van der Waals surface area contributed by atoms with Gasteiger partial charge in [0.1, 0.15) is 11.5 Å². The molecule has 0 aromatic heterocycles. The van der Waals surface area contributed by atoms with Crippen molar-refractivity contribution in [3.05, 3.63) is 23.8 Å². The molecular formula is C13H20N2O2. The molecule has 4 nitrogen and oxygen atoms in total. The summed E-state index contributed by atoms with van der Waals surface area (Å²) in [7, 11) is 1.67. The van der Waals surface area contributed by atoms with E-state index in [1.165, 1.54) is 0 Å². The van der Waals surface area contributed by atoms with Crippen LogP contribution in [0.3, 0.4) is 0 Å². The van der Waals surface area contributed by atoms with Crippen LogP contribution >= 0.6 is 0 Å². The maximum absolute atomic E-state index is 9.49. The fourth-order valence-corrected chi connectivity index (χ4v) is 2.17. The molecule has 17 heavy (non-hydrogen) atoms. The summed E-state index contributed by atoms with van der Waals surface area (Å²) in [6.07, 6.45) is 0.914. The summed E-state index contributed by atoms with van der Waals surface area (Å²) in [6.45, 7) is 5.35. The van der Waals surface area contributed by atoms with E-state index in [9.17, 15) is 5.11 Å². The molecule has 0 spiro atoms. The standard InChI is InChI=1S/C13H20N2O2/c1-17-13-3-2-12(16)10-11(13)4-7-15-8-5-14-6-9-15/h2-3,10,14,16H,4-9H2,1H3. The highest BCUT2D eigenvalue weighted by Crippen LogP contribution is 2.23. The first-order chi connectivity index (χ1) is 8.29. The Morgan fingerprint density at radius 1 is 1.35 bits per heavy atom. The van der Waals surface area contributed by atoms with E-state index in [0.29, 0.717) is 5.75 Å². The van der Waals surface area contributed by atoms with E-state index in [0.717, 1.165) is 50.5 Å². The first kappa shape index (κ1) is 12.2. The first-order valence-corrected chi connectivity index (χ1v) is 6.08. The monoisotopic (exact) mass is 236 g/mol. The molecule has 1 aromatic carbocycles. The van der Waals surface area contributed by atoms with Gasteiger partial charge in [0.05, 0.1) is 7.11 Å². The van der Waals surface area contributed by atoms with Crippen LogP contribution < -0.4 is 10.1 Å². The van der Waals surface area contributed by atoms with Gasteiger partial charge < -0.3 is 20.1 Å². The van der Waals surface area contributed by atoms with E-state index in [-0.39, 0.29) is 0 Å². The van der Waals surface area contributed by atoms with Crippen LogP contribution in [-0.4, -0.2) is 49.8 Å². The van der Waals surface area contributed by atoms with Crippen LogP contribution in [0.2, 0.25) is 0 Å². The Kier molecular flexibility index (Phi) is 4.23. The Morgan fingerprint density at radius 3 is 2.82 bits per heavy atom. The van der Waals surface area contributed by atoms with Gasteiger partial charge in [-0.2, -0.15) is 0 Å². The van der Waals surface area contributed by atoms with E-state index < -0.39 is 0 Å². The van der Waals surface area contributed by atoms with E-state index in [1.807, 2.05) is 6.07 Å². The maximum atomic E-state index is 9.49. The zero-order valence-corrected chi connectivity index (χ0v) is 10.3. The average molecular weight is 236 g/mol. The van der Waals surface area contributed by atoms with Crippen LogP contribution in [0, 0.1) is 0 Å². The molecule has 1 aromatic rings. The second-order valence-electron chi connectivity index (χ2n) is 4.34. The highest BCUT2D eigenvalue weighted by molar-refractivity contribution is 5.39. The van der Waals surface area contributed by atoms with Gasteiger partial charge in [-0.05, 0) is 30.2 Å². The van der Waals surface area contributed by atoms with Crippen molar-refractivity contribution in [2.75, 3.05) is 39.8 Å². The number of phenolic OH excluding ortho intramolecular Hbond substituents is 1. The Balaban J connectivity index is 1.95. The second-order valence-corrected chi connectivity index (χ2v) is 4.34. The average Bonchev–Trinajstić information content (AvgIpc) is 2.38. The summed E-state index contributed by atoms with van der Waals surface area (Å²) in [5.41, 5.74) is 1.08. The molecule has 0 atom stereocenters. The minimum Gasteiger partial charge on any atom is -0.508 e. The second kappa shape index (κ2) is 5.89. The van der Waals surface area contributed by atoms with Crippen molar-refractivity contribution in [1.82, 2.24) is 10.2 Å². The molecule has 0 aliphatic carbocycles. The molecule has 1 saturated heterocycles. The molecule has 1 heterocycles. The van der Waals surface area contributed by atoms with Crippen LogP contribution in [0.5, 0.6) is 11.5 Å². The van der Waals surface area contributed by atoms with Crippen LogP contribution in [0.1, 0.15) is 5.56 Å². The minimum atomic E-state index is 0.307. The van der Waals surface area contributed by atoms with Gasteiger partial charge in [-0.15, -0.1) is 0 Å². The van der Waals surface area contributed by atoms with Gasteiger partial charge in [-0.25, -0.2) is 0 Å². The number of hydrogen-bond acceptors (Lipinski definition) is 4. The third-order valence-corrected chi connectivity index (χ3v) is 3.17. The molecule has 1 aliphatic heterocycles. The summed E-state index contributed by atoms with van der Waals surface area (Å²) in [5.74, 6) is 1.17. The Bertz CT molecular complexity index is 362. The molecule has 0 radical (unpaired) electrons. The maximum Gasteiger partial charge on any atom is 0.122 e. The molecule has 1 aliphatic rings. The number of phenols is 1. The van der Waals surface area contributed by atoms with Crippen molar-refractivity contribution in [2.45, 2.75) is 6.42 Å². The van der Waals surface area contributed by atoms with Gasteiger partial charge in [0, 0.05) is 32.7 Å². The smallest absolute Gasteiger partial charge is 0.122 e. The number of hydrogen-bond donors (Lipinski definition) is 2. The van der Waals surface area contributed by atoms with Crippen molar-refractivity contribution in [3.8, 4) is 11.5 Å². The minimum absolute atomic E-state index is 0.307. The lowest BCUT2D eigenvalue weighted by Gasteiger charge is -2.27. The van der Waals surface area contributed by atoms with Gasteiger partial charge in [0.15, 0.2) is 0 Å². The molecule has 4 heteroatoms. The molecule has 94 valence electrons. The molecule has 0 unspecified atom stereocenters. The molecular weight excluding hydrogens is 216 g/mol. The van der Waals surface area contributed by atoms with Crippen molar-refractivity contribution in [3.63, 3.8) is 0 Å². The predicted molar refractivity (Wildman–Crippen MR) is 67.7 cm³/mol. The van der Waals surface area contributed by atoms with Crippen LogP contribution in [-0.2, 0) is 6.42 Å². The van der Waals surface area contributed by atoms with Gasteiger partial charge in [-0.1, -0.05) is 0 Å². The molecule has 0 amide bonds. The SMILES string of the molecule is COc1ccc(O)cc1CCN1CCNCC1. The zero-order valence-electron chi connectivity index (χ0n) is 10.3. The summed E-state index contributed by atoms with van der Waals surface area (Å²) in [6, 6.07) is 5.27. The van der Waals surface area contributed by atoms with Crippen LogP contribution in [0.15, 0.2) is 18.2 Å². The Labute approximate surface area is 102 Å². The van der Waals surface area contributed by atoms with Crippen molar-refractivity contribution in [1.29, 1.82) is 0 Å². The van der Waals surface area contributed by atoms with Crippen molar-refractivity contribution in [2.24, 2.45) is 0 Å². The molecule has 1 fully saturated rings. The van der Waals surface area contributed by atoms with E-state index >= 15 is 0 Å². The van der Waals surface area contributed by atoms with Crippen molar-refractivity contribution >= 4 is 0 Å². The zero-order chi connectivity index (χ0) is 12.1. The molecule has 0 bridgehead atoms. The lowest BCUT2D eigenvalue weighted by atomic mass is 10.1. The van der Waals surface area contributed by atoms with Gasteiger partial charge >= 0.3 is 0 Å². The lowest BCUT2D eigenvalue weighted by molar-refractivity contribution is 0.243. The van der Waals surface area contributed by atoms with E-state index in [1.54, 1.807) is 19.2 Å². The number of nitrogens with zero attached hydrogens (tertiary/aromatic N) is 1. The largest absolute Gasteiger partial charge is 0.508 e. The fraction of sp³-hybridized carbons (Fsp3) is 0.538. The van der Waals surface area contributed by atoms with Gasteiger partial charge in [0.25, 0.3) is 0 Å². The summed E-state index contributed by atoms with van der Waals surface area (Å²) < 4.78 is 5.30. The lowest BCUT2D eigenvalue weighted by Crippen LogP contribution is -2.44. The Hall–Kier alpha value is -1.26. The Morgan fingerprint density at radius 2 is 2.12 bits per heavy atom. The van der Waals surface area contributed by atoms with Crippen LogP contribution in [0.4, 0.5) is 0 Å². The number of piperazine rings is 1. The number of rotatable bonds is 4. The highest BCUT2D eigenvalue weighted by Gasteiger charge is 2.11. The number of nitrogens with one attached hydrogen (secondary N) is 1. The number of benzene rings is 1. The fourth-order valence-electron chi connectivity index (χ4n) is 2.17.